The minimum atomic E-state index is 0.108. The summed E-state index contributed by atoms with van der Waals surface area (Å²) in [6.45, 7) is 1.61. The van der Waals surface area contributed by atoms with E-state index >= 15 is 0 Å². The Balaban J connectivity index is 1.71. The van der Waals surface area contributed by atoms with Gasteiger partial charge in [-0.3, -0.25) is 9.89 Å². The third-order valence-corrected chi connectivity index (χ3v) is 4.40. The molecule has 3 heteroatoms. The van der Waals surface area contributed by atoms with E-state index in [1.807, 2.05) is 0 Å². The molecule has 1 aromatic rings. The molecule has 0 spiro atoms. The van der Waals surface area contributed by atoms with Crippen LogP contribution in [-0.4, -0.2) is 16.0 Å². The van der Waals surface area contributed by atoms with Gasteiger partial charge in [0.05, 0.1) is 0 Å². The first-order valence-corrected chi connectivity index (χ1v) is 5.85. The van der Waals surface area contributed by atoms with Crippen LogP contribution in [0.2, 0.25) is 0 Å². The van der Waals surface area contributed by atoms with Gasteiger partial charge in [0.15, 0.2) is 5.78 Å². The number of carbonyl (C=O) groups excluding carboxylic acids is 1. The molecule has 0 amide bonds. The number of carbonyl (C=O) groups is 1. The molecule has 2 fully saturated rings. The number of fused-ring (bicyclic) bond motifs is 3. The van der Waals surface area contributed by atoms with Crippen LogP contribution < -0.4 is 0 Å². The monoisotopic (exact) mass is 202 g/mol. The highest BCUT2D eigenvalue weighted by molar-refractivity contribution is 5.94. The van der Waals surface area contributed by atoms with Crippen LogP contribution in [0.3, 0.4) is 0 Å². The highest BCUT2D eigenvalue weighted by Crippen LogP contribution is 2.68. The molecule has 4 rings (SSSR count). The first-order chi connectivity index (χ1) is 7.27. The molecule has 78 valence electrons. The number of hydrogen-bond acceptors (Lipinski definition) is 2. The molecule has 3 atom stereocenters. The zero-order valence-electron chi connectivity index (χ0n) is 8.79. The van der Waals surface area contributed by atoms with Crippen molar-refractivity contribution in [3.8, 4) is 0 Å². The van der Waals surface area contributed by atoms with E-state index in [9.17, 15) is 4.79 Å². The molecule has 0 unspecified atom stereocenters. The lowest BCUT2D eigenvalue weighted by molar-refractivity contribution is 0.101. The predicted octanol–water partition coefficient (Wildman–Crippen LogP) is 1.91. The Bertz CT molecular complexity index is 458. The zero-order valence-corrected chi connectivity index (χ0v) is 8.79. The molecular weight excluding hydrogens is 188 g/mol. The Morgan fingerprint density at radius 2 is 2.27 bits per heavy atom. The number of rotatable bonds is 2. The Morgan fingerprint density at radius 3 is 2.93 bits per heavy atom. The molecule has 1 aromatic heterocycles. The molecular formula is C12H14N2O. The fraction of sp³-hybridized carbons (Fsp3) is 0.667. The number of ketones is 1. The average molecular weight is 202 g/mol. The fourth-order valence-corrected chi connectivity index (χ4v) is 3.58. The summed E-state index contributed by atoms with van der Waals surface area (Å²) in [7, 11) is 0. The van der Waals surface area contributed by atoms with Crippen LogP contribution in [0, 0.1) is 17.8 Å². The molecule has 3 nitrogen and oxygen atoms in total. The number of nitrogens with one attached hydrogen (secondary N) is 1. The third-order valence-electron chi connectivity index (χ3n) is 4.40. The molecule has 15 heavy (non-hydrogen) atoms. The Kier molecular flexibility index (Phi) is 1.26. The van der Waals surface area contributed by atoms with Crippen LogP contribution in [0.5, 0.6) is 0 Å². The van der Waals surface area contributed by atoms with Gasteiger partial charge in [-0.15, -0.1) is 0 Å². The molecule has 2 saturated carbocycles. The van der Waals surface area contributed by atoms with E-state index in [2.05, 4.69) is 10.2 Å². The Hall–Kier alpha value is -1.12. The summed E-state index contributed by atoms with van der Waals surface area (Å²) in [6.07, 6.45) is 3.97. The number of nitrogens with zero attached hydrogens (tertiary/aromatic N) is 1. The number of Topliss-reactive ketones (excluding diaryl/α,β-unsaturated/α-hetero) is 1. The standard InChI is InChI=1S/C12H14N2O/c1-5(15)11-8-4-7-9(6-2-3-6)10(7)12(8)14-13-11/h6-7,9-10H,2-4H2,1H3,(H,13,14)/t7-,9+,10-/m0/s1. The van der Waals surface area contributed by atoms with Crippen LogP contribution in [0.1, 0.15) is 47.4 Å². The van der Waals surface area contributed by atoms with Crippen molar-refractivity contribution in [2.24, 2.45) is 17.8 Å². The van der Waals surface area contributed by atoms with Gasteiger partial charge in [0.25, 0.3) is 0 Å². The summed E-state index contributed by atoms with van der Waals surface area (Å²) in [6, 6.07) is 0. The summed E-state index contributed by atoms with van der Waals surface area (Å²) in [5.41, 5.74) is 3.23. The van der Waals surface area contributed by atoms with Gasteiger partial charge in [-0.2, -0.15) is 5.10 Å². The Labute approximate surface area is 88.3 Å². The van der Waals surface area contributed by atoms with Crippen molar-refractivity contribution < 1.29 is 4.79 Å². The van der Waals surface area contributed by atoms with Gasteiger partial charge in [-0.1, -0.05) is 0 Å². The van der Waals surface area contributed by atoms with Crippen LogP contribution in [0.4, 0.5) is 0 Å². The molecule has 0 aromatic carbocycles. The minimum absolute atomic E-state index is 0.108. The first-order valence-electron chi connectivity index (χ1n) is 5.85. The molecule has 3 aliphatic carbocycles. The average Bonchev–Trinajstić information content (AvgIpc) is 3.03. The molecule has 0 radical (unpaired) electrons. The van der Waals surface area contributed by atoms with E-state index in [0.717, 1.165) is 30.1 Å². The van der Waals surface area contributed by atoms with E-state index < -0.39 is 0 Å². The maximum atomic E-state index is 11.3. The number of hydrogen-bond donors (Lipinski definition) is 1. The zero-order chi connectivity index (χ0) is 10.2. The van der Waals surface area contributed by atoms with Crippen molar-refractivity contribution in [2.75, 3.05) is 0 Å². The van der Waals surface area contributed by atoms with Crippen molar-refractivity contribution in [1.82, 2.24) is 10.2 Å². The van der Waals surface area contributed by atoms with E-state index in [4.69, 9.17) is 0 Å². The van der Waals surface area contributed by atoms with E-state index in [-0.39, 0.29) is 5.78 Å². The summed E-state index contributed by atoms with van der Waals surface area (Å²) in [4.78, 5) is 11.3. The summed E-state index contributed by atoms with van der Waals surface area (Å²) < 4.78 is 0. The maximum absolute atomic E-state index is 11.3. The molecule has 1 N–H and O–H groups in total. The number of H-pyrrole nitrogens is 1. The van der Waals surface area contributed by atoms with E-state index in [1.165, 1.54) is 24.1 Å². The van der Waals surface area contributed by atoms with E-state index in [0.29, 0.717) is 5.69 Å². The van der Waals surface area contributed by atoms with Crippen molar-refractivity contribution in [1.29, 1.82) is 0 Å². The van der Waals surface area contributed by atoms with E-state index in [1.54, 1.807) is 6.92 Å². The lowest BCUT2D eigenvalue weighted by Gasteiger charge is -2.01. The molecule has 0 saturated heterocycles. The van der Waals surface area contributed by atoms with Crippen LogP contribution in [-0.2, 0) is 6.42 Å². The van der Waals surface area contributed by atoms with Crippen molar-refractivity contribution in [3.05, 3.63) is 17.0 Å². The normalized spacial score (nSPS) is 36.2. The smallest absolute Gasteiger partial charge is 0.180 e. The molecule has 1 heterocycles. The SMILES string of the molecule is CC(=O)c1n[nH]c2c1C[C@@H]1[C@H]2[C@@H]1C1CC1. The minimum Gasteiger partial charge on any atom is -0.293 e. The van der Waals surface area contributed by atoms with Crippen LogP contribution in [0.25, 0.3) is 0 Å². The first kappa shape index (κ1) is 8.08. The van der Waals surface area contributed by atoms with Gasteiger partial charge in [0, 0.05) is 24.1 Å². The Morgan fingerprint density at radius 1 is 1.47 bits per heavy atom. The van der Waals surface area contributed by atoms with Gasteiger partial charge in [-0.25, -0.2) is 0 Å². The predicted molar refractivity (Wildman–Crippen MR) is 54.7 cm³/mol. The topological polar surface area (TPSA) is 45.8 Å². The second-order valence-electron chi connectivity index (χ2n) is 5.33. The van der Waals surface area contributed by atoms with Crippen LogP contribution in [0.15, 0.2) is 0 Å². The van der Waals surface area contributed by atoms with Gasteiger partial charge < -0.3 is 0 Å². The van der Waals surface area contributed by atoms with Crippen molar-refractivity contribution in [2.45, 2.75) is 32.1 Å². The highest BCUT2D eigenvalue weighted by atomic mass is 16.1. The van der Waals surface area contributed by atoms with Gasteiger partial charge >= 0.3 is 0 Å². The summed E-state index contributed by atoms with van der Waals surface area (Å²) in [5.74, 6) is 3.61. The van der Waals surface area contributed by atoms with Gasteiger partial charge in [-0.05, 0) is 37.0 Å². The number of aromatic amines is 1. The number of aromatic nitrogens is 2. The quantitative estimate of drug-likeness (QED) is 0.744. The third kappa shape index (κ3) is 0.912. The van der Waals surface area contributed by atoms with Crippen molar-refractivity contribution in [3.63, 3.8) is 0 Å². The van der Waals surface area contributed by atoms with Crippen molar-refractivity contribution >= 4 is 5.78 Å². The molecule has 0 aliphatic heterocycles. The lowest BCUT2D eigenvalue weighted by atomic mass is 10.0. The molecule has 3 aliphatic rings. The second-order valence-corrected chi connectivity index (χ2v) is 5.33. The van der Waals surface area contributed by atoms with Gasteiger partial charge in [0.1, 0.15) is 5.69 Å². The fourth-order valence-electron chi connectivity index (χ4n) is 3.58. The molecule has 0 bridgehead atoms. The summed E-state index contributed by atoms with van der Waals surface area (Å²) in [5, 5.41) is 7.25. The van der Waals surface area contributed by atoms with Gasteiger partial charge in [0.2, 0.25) is 0 Å². The highest BCUT2D eigenvalue weighted by Gasteiger charge is 2.62. The largest absolute Gasteiger partial charge is 0.293 e. The maximum Gasteiger partial charge on any atom is 0.180 e. The summed E-state index contributed by atoms with van der Waals surface area (Å²) >= 11 is 0. The second kappa shape index (κ2) is 2.34. The van der Waals surface area contributed by atoms with Crippen LogP contribution >= 0.6 is 0 Å². The lowest BCUT2D eigenvalue weighted by Crippen LogP contribution is -2.00.